The van der Waals surface area contributed by atoms with Crippen LogP contribution >= 0.6 is 0 Å². The summed E-state index contributed by atoms with van der Waals surface area (Å²) in [5, 5.41) is 4.26. The molecule has 0 aliphatic rings. The average Bonchev–Trinajstić information content (AvgIpc) is 2.51. The number of aryl methyl sites for hydroxylation is 2. The fraction of sp³-hybridized carbons (Fsp3) is 0.312. The number of nitrogens with one attached hydrogen (secondary N) is 1. The Bertz CT molecular complexity index is 838. The Labute approximate surface area is 142 Å². The normalized spacial score (nSPS) is 12.5. The highest BCUT2D eigenvalue weighted by Crippen LogP contribution is 2.14. The minimum Gasteiger partial charge on any atom is -0.245 e. The molecule has 0 radical (unpaired) electrons. The molecule has 0 spiro atoms. The minimum absolute atomic E-state index is 0.245. The van der Waals surface area contributed by atoms with Gasteiger partial charge in [-0.15, -0.1) is 0 Å². The molecule has 2 rings (SSSR count). The molecule has 0 saturated carbocycles. The quantitative estimate of drug-likeness (QED) is 0.662. The van der Waals surface area contributed by atoms with Crippen molar-refractivity contribution in [3.63, 3.8) is 0 Å². The van der Waals surface area contributed by atoms with Crippen molar-refractivity contribution in [2.75, 3.05) is 19.5 Å². The van der Waals surface area contributed by atoms with E-state index in [2.05, 4.69) is 20.5 Å². The molecule has 24 heavy (non-hydrogen) atoms. The summed E-state index contributed by atoms with van der Waals surface area (Å²) in [6, 6.07) is 8.46. The number of anilines is 1. The summed E-state index contributed by atoms with van der Waals surface area (Å²) in [6.07, 6.45) is 0. The van der Waals surface area contributed by atoms with Crippen LogP contribution in [0.3, 0.4) is 0 Å². The van der Waals surface area contributed by atoms with Crippen molar-refractivity contribution in [2.45, 2.75) is 25.7 Å². The first-order valence-corrected chi connectivity index (χ1v) is 8.79. The van der Waals surface area contributed by atoms with E-state index in [9.17, 15) is 8.42 Å². The molecule has 0 aliphatic carbocycles. The zero-order chi connectivity index (χ0) is 17.9. The van der Waals surface area contributed by atoms with E-state index in [-0.39, 0.29) is 4.90 Å². The third kappa shape index (κ3) is 4.15. The molecule has 0 atom stereocenters. The standard InChI is InChI=1S/C16H21N5O2S/c1-11-10-12(2)18-16(17-11)20-19-13(3)14-6-8-15(9-7-14)24(22,23)21(4)5/h6-10H,1-5H3,(H,17,18,20)/b19-13-. The van der Waals surface area contributed by atoms with E-state index >= 15 is 0 Å². The first kappa shape index (κ1) is 18.0. The molecule has 0 unspecified atom stereocenters. The van der Waals surface area contributed by atoms with Gasteiger partial charge in [0, 0.05) is 25.5 Å². The van der Waals surface area contributed by atoms with E-state index in [0.29, 0.717) is 11.7 Å². The summed E-state index contributed by atoms with van der Waals surface area (Å²) in [5.74, 6) is 0.429. The van der Waals surface area contributed by atoms with E-state index in [1.807, 2.05) is 26.8 Å². The van der Waals surface area contributed by atoms with Crippen LogP contribution in [0.1, 0.15) is 23.9 Å². The third-order valence-electron chi connectivity index (χ3n) is 3.36. The van der Waals surface area contributed by atoms with Gasteiger partial charge in [0.05, 0.1) is 10.6 Å². The highest BCUT2D eigenvalue weighted by molar-refractivity contribution is 7.89. The maximum absolute atomic E-state index is 12.1. The van der Waals surface area contributed by atoms with Crippen molar-refractivity contribution in [1.29, 1.82) is 0 Å². The molecule has 0 amide bonds. The van der Waals surface area contributed by atoms with Crippen LogP contribution in [0.15, 0.2) is 40.3 Å². The Balaban J connectivity index is 2.19. The number of sulfonamides is 1. The fourth-order valence-electron chi connectivity index (χ4n) is 2.05. The maximum atomic E-state index is 12.1. The van der Waals surface area contributed by atoms with Gasteiger partial charge in [0.2, 0.25) is 16.0 Å². The molecule has 1 heterocycles. The van der Waals surface area contributed by atoms with Gasteiger partial charge in [-0.05, 0) is 44.5 Å². The minimum atomic E-state index is -3.43. The summed E-state index contributed by atoms with van der Waals surface area (Å²) in [7, 11) is -0.419. The summed E-state index contributed by atoms with van der Waals surface area (Å²) < 4.78 is 25.3. The maximum Gasteiger partial charge on any atom is 0.243 e. The molecule has 0 fully saturated rings. The molecule has 1 aromatic heterocycles. The lowest BCUT2D eigenvalue weighted by Gasteiger charge is -2.11. The van der Waals surface area contributed by atoms with Crippen LogP contribution in [0.4, 0.5) is 5.95 Å². The van der Waals surface area contributed by atoms with E-state index in [1.54, 1.807) is 24.3 Å². The fourth-order valence-corrected chi connectivity index (χ4v) is 2.95. The second-order valence-electron chi connectivity index (χ2n) is 5.60. The Hall–Kier alpha value is -2.32. The SMILES string of the molecule is C/C(=N/Nc1nc(C)cc(C)n1)c1ccc(S(=O)(=O)N(C)C)cc1. The van der Waals surface area contributed by atoms with Crippen molar-refractivity contribution in [2.24, 2.45) is 5.10 Å². The first-order chi connectivity index (χ1) is 11.2. The lowest BCUT2D eigenvalue weighted by atomic mass is 10.1. The molecule has 0 aliphatic heterocycles. The zero-order valence-electron chi connectivity index (χ0n) is 14.4. The Morgan fingerprint density at radius 3 is 2.12 bits per heavy atom. The number of hydrogen-bond acceptors (Lipinski definition) is 6. The lowest BCUT2D eigenvalue weighted by molar-refractivity contribution is 0.521. The van der Waals surface area contributed by atoms with Crippen LogP contribution in [0.5, 0.6) is 0 Å². The van der Waals surface area contributed by atoms with Crippen LogP contribution in [0.25, 0.3) is 0 Å². The van der Waals surface area contributed by atoms with E-state index in [0.717, 1.165) is 17.0 Å². The second kappa shape index (κ2) is 7.06. The smallest absolute Gasteiger partial charge is 0.243 e. The van der Waals surface area contributed by atoms with Gasteiger partial charge in [0.15, 0.2) is 0 Å². The van der Waals surface area contributed by atoms with Gasteiger partial charge in [-0.3, -0.25) is 0 Å². The second-order valence-corrected chi connectivity index (χ2v) is 7.75. The molecule has 2 aromatic rings. The molecule has 128 valence electrons. The van der Waals surface area contributed by atoms with Gasteiger partial charge >= 0.3 is 0 Å². The predicted octanol–water partition coefficient (Wildman–Crippen LogP) is 2.18. The summed E-state index contributed by atoms with van der Waals surface area (Å²) in [4.78, 5) is 8.75. The van der Waals surface area contributed by atoms with E-state index in [1.165, 1.54) is 18.4 Å². The van der Waals surface area contributed by atoms with Gasteiger partial charge in [0.1, 0.15) is 0 Å². The van der Waals surface area contributed by atoms with Crippen LogP contribution in [-0.2, 0) is 10.0 Å². The Kier molecular flexibility index (Phi) is 5.30. The first-order valence-electron chi connectivity index (χ1n) is 7.35. The lowest BCUT2D eigenvalue weighted by Crippen LogP contribution is -2.22. The van der Waals surface area contributed by atoms with Crippen LogP contribution in [-0.4, -0.2) is 42.5 Å². The van der Waals surface area contributed by atoms with Crippen molar-refractivity contribution in [1.82, 2.24) is 14.3 Å². The number of nitrogens with zero attached hydrogens (tertiary/aromatic N) is 4. The molecular weight excluding hydrogens is 326 g/mol. The Morgan fingerprint density at radius 2 is 1.62 bits per heavy atom. The zero-order valence-corrected chi connectivity index (χ0v) is 15.2. The van der Waals surface area contributed by atoms with Gasteiger partial charge < -0.3 is 0 Å². The van der Waals surface area contributed by atoms with Crippen molar-refractivity contribution in [3.05, 3.63) is 47.3 Å². The predicted molar refractivity (Wildman–Crippen MR) is 94.7 cm³/mol. The number of hydrogen-bond donors (Lipinski definition) is 1. The van der Waals surface area contributed by atoms with Crippen LogP contribution in [0, 0.1) is 13.8 Å². The highest BCUT2D eigenvalue weighted by Gasteiger charge is 2.16. The number of benzene rings is 1. The van der Waals surface area contributed by atoms with Gasteiger partial charge in [-0.1, -0.05) is 12.1 Å². The number of rotatable bonds is 5. The molecule has 1 N–H and O–H groups in total. The summed E-state index contributed by atoms with van der Waals surface area (Å²) in [5.41, 5.74) is 6.05. The molecule has 0 saturated heterocycles. The summed E-state index contributed by atoms with van der Waals surface area (Å²) >= 11 is 0. The van der Waals surface area contributed by atoms with Gasteiger partial charge in [-0.2, -0.15) is 5.10 Å². The number of aromatic nitrogens is 2. The monoisotopic (exact) mass is 347 g/mol. The summed E-state index contributed by atoms with van der Waals surface area (Å²) in [6.45, 7) is 5.60. The van der Waals surface area contributed by atoms with E-state index in [4.69, 9.17) is 0 Å². The topological polar surface area (TPSA) is 87.5 Å². The third-order valence-corrected chi connectivity index (χ3v) is 5.19. The highest BCUT2D eigenvalue weighted by atomic mass is 32.2. The average molecular weight is 347 g/mol. The van der Waals surface area contributed by atoms with Crippen LogP contribution in [0.2, 0.25) is 0 Å². The van der Waals surface area contributed by atoms with E-state index < -0.39 is 10.0 Å². The van der Waals surface area contributed by atoms with Gasteiger partial charge in [-0.25, -0.2) is 28.1 Å². The molecule has 8 heteroatoms. The van der Waals surface area contributed by atoms with Crippen molar-refractivity contribution < 1.29 is 8.42 Å². The van der Waals surface area contributed by atoms with Crippen molar-refractivity contribution in [3.8, 4) is 0 Å². The van der Waals surface area contributed by atoms with Crippen molar-refractivity contribution >= 4 is 21.7 Å². The molecular formula is C16H21N5O2S. The largest absolute Gasteiger partial charge is 0.245 e. The Morgan fingerprint density at radius 1 is 1.08 bits per heavy atom. The van der Waals surface area contributed by atoms with Crippen LogP contribution < -0.4 is 5.43 Å². The molecule has 7 nitrogen and oxygen atoms in total. The number of hydrazone groups is 1. The molecule has 1 aromatic carbocycles. The molecule has 0 bridgehead atoms. The van der Waals surface area contributed by atoms with Gasteiger partial charge in [0.25, 0.3) is 0 Å².